The number of ether oxygens (including phenoxy) is 1. The Kier molecular flexibility index (Phi) is 4.52. The highest BCUT2D eigenvalue weighted by atomic mass is 35.5. The molecule has 0 aliphatic rings. The summed E-state index contributed by atoms with van der Waals surface area (Å²) in [5.74, 6) is 4.41. The van der Waals surface area contributed by atoms with Gasteiger partial charge in [-0.25, -0.2) is 4.79 Å². The topological polar surface area (TPSA) is 38.3 Å². The van der Waals surface area contributed by atoms with Gasteiger partial charge in [-0.3, -0.25) is 0 Å². The first-order chi connectivity index (χ1) is 7.22. The van der Waals surface area contributed by atoms with E-state index >= 15 is 0 Å². The van der Waals surface area contributed by atoms with Crippen LogP contribution in [0, 0.1) is 11.8 Å². The number of hydrogen-bond acceptors (Lipinski definition) is 3. The van der Waals surface area contributed by atoms with Gasteiger partial charge in [0.2, 0.25) is 0 Å². The van der Waals surface area contributed by atoms with Crippen molar-refractivity contribution in [2.45, 2.75) is 0 Å². The maximum absolute atomic E-state index is 10.6. The molecule has 0 aliphatic carbocycles. The smallest absolute Gasteiger partial charge is 0.384 e. The Bertz CT molecular complexity index is 389. The minimum absolute atomic E-state index is 0.386. The Balaban J connectivity index is 2.40. The van der Waals surface area contributed by atoms with Crippen molar-refractivity contribution in [3.05, 3.63) is 29.3 Å². The normalized spacial score (nSPS) is 8.67. The van der Waals surface area contributed by atoms with Gasteiger partial charge in [-0.15, -0.1) is 0 Å². The summed E-state index contributed by atoms with van der Waals surface area (Å²) in [6, 6.07) is 7.22. The molecule has 0 radical (unpaired) electrons. The Labute approximate surface area is 93.4 Å². The average molecular weight is 224 g/mol. The number of halogens is 1. The van der Waals surface area contributed by atoms with Gasteiger partial charge in [0.15, 0.2) is 0 Å². The molecule has 78 valence electrons. The number of carbonyl (C=O) groups is 1. The molecule has 1 aromatic carbocycles. The van der Waals surface area contributed by atoms with E-state index in [2.05, 4.69) is 21.9 Å². The van der Waals surface area contributed by atoms with E-state index in [0.717, 1.165) is 5.69 Å². The van der Waals surface area contributed by atoms with Crippen molar-refractivity contribution in [1.82, 2.24) is 0 Å². The number of rotatable bonds is 2. The highest BCUT2D eigenvalue weighted by Gasteiger charge is 1.90. The maximum atomic E-state index is 10.6. The lowest BCUT2D eigenvalue weighted by atomic mass is 10.3. The minimum atomic E-state index is -0.534. The fourth-order valence-corrected chi connectivity index (χ4v) is 1.01. The fourth-order valence-electron chi connectivity index (χ4n) is 0.881. The van der Waals surface area contributed by atoms with E-state index in [1.165, 1.54) is 7.11 Å². The number of anilines is 1. The number of hydrogen-bond donors (Lipinski definition) is 1. The summed E-state index contributed by atoms with van der Waals surface area (Å²) in [6.45, 7) is 0.386. The van der Waals surface area contributed by atoms with Crippen LogP contribution in [0.15, 0.2) is 24.3 Å². The zero-order valence-corrected chi connectivity index (χ0v) is 8.97. The number of benzene rings is 1. The molecule has 0 heterocycles. The predicted molar refractivity (Wildman–Crippen MR) is 59.7 cm³/mol. The van der Waals surface area contributed by atoms with E-state index in [0.29, 0.717) is 11.6 Å². The quantitative estimate of drug-likeness (QED) is 0.473. The highest BCUT2D eigenvalue weighted by Crippen LogP contribution is 2.12. The molecule has 0 aromatic heterocycles. The summed E-state index contributed by atoms with van der Waals surface area (Å²) >= 11 is 5.72. The van der Waals surface area contributed by atoms with Crippen molar-refractivity contribution >= 4 is 23.3 Å². The van der Waals surface area contributed by atoms with Crippen molar-refractivity contribution in [1.29, 1.82) is 0 Å². The molecule has 0 saturated heterocycles. The van der Waals surface area contributed by atoms with Crippen molar-refractivity contribution < 1.29 is 9.53 Å². The van der Waals surface area contributed by atoms with Crippen LogP contribution in [0.4, 0.5) is 5.69 Å². The van der Waals surface area contributed by atoms with Crippen molar-refractivity contribution in [3.63, 3.8) is 0 Å². The van der Waals surface area contributed by atoms with Crippen LogP contribution in [0.3, 0.4) is 0 Å². The third-order valence-electron chi connectivity index (χ3n) is 1.60. The van der Waals surface area contributed by atoms with Crippen LogP contribution < -0.4 is 5.32 Å². The lowest BCUT2D eigenvalue weighted by Crippen LogP contribution is -2.00. The van der Waals surface area contributed by atoms with Gasteiger partial charge in [-0.05, 0) is 24.3 Å². The Hall–Kier alpha value is -1.66. The highest BCUT2D eigenvalue weighted by molar-refractivity contribution is 6.30. The van der Waals surface area contributed by atoms with Crippen LogP contribution in [-0.4, -0.2) is 19.6 Å². The molecular weight excluding hydrogens is 214 g/mol. The first-order valence-corrected chi connectivity index (χ1v) is 4.66. The van der Waals surface area contributed by atoms with E-state index in [4.69, 9.17) is 11.6 Å². The van der Waals surface area contributed by atoms with Gasteiger partial charge < -0.3 is 10.1 Å². The average Bonchev–Trinajstić information content (AvgIpc) is 2.26. The zero-order chi connectivity index (χ0) is 11.1. The standard InChI is InChI=1S/C11H10ClNO2/c1-15-11(14)3-2-8-13-10-6-4-9(12)5-7-10/h4-7,13H,8H2,1H3. The van der Waals surface area contributed by atoms with E-state index in [1.54, 1.807) is 12.1 Å². The third kappa shape index (κ3) is 4.39. The van der Waals surface area contributed by atoms with Crippen molar-refractivity contribution in [2.75, 3.05) is 19.0 Å². The Morgan fingerprint density at radius 2 is 2.13 bits per heavy atom. The van der Waals surface area contributed by atoms with Gasteiger partial charge in [-0.2, -0.15) is 0 Å². The molecule has 1 rings (SSSR count). The van der Waals surface area contributed by atoms with E-state index in [-0.39, 0.29) is 0 Å². The monoisotopic (exact) mass is 223 g/mol. The molecule has 3 nitrogen and oxygen atoms in total. The van der Waals surface area contributed by atoms with Gasteiger partial charge >= 0.3 is 5.97 Å². The summed E-state index contributed by atoms with van der Waals surface area (Å²) in [6.07, 6.45) is 0. The summed E-state index contributed by atoms with van der Waals surface area (Å²) in [7, 11) is 1.30. The number of methoxy groups -OCH3 is 1. The summed E-state index contributed by atoms with van der Waals surface area (Å²) in [4.78, 5) is 10.6. The van der Waals surface area contributed by atoms with Crippen LogP contribution in [0.5, 0.6) is 0 Å². The van der Waals surface area contributed by atoms with Crippen molar-refractivity contribution in [2.24, 2.45) is 0 Å². The first kappa shape index (κ1) is 11.4. The number of esters is 1. The largest absolute Gasteiger partial charge is 0.459 e. The summed E-state index contributed by atoms with van der Waals surface area (Å²) < 4.78 is 4.36. The first-order valence-electron chi connectivity index (χ1n) is 4.28. The minimum Gasteiger partial charge on any atom is -0.459 e. The van der Waals surface area contributed by atoms with E-state index < -0.39 is 5.97 Å². The lowest BCUT2D eigenvalue weighted by molar-refractivity contribution is -0.133. The van der Waals surface area contributed by atoms with Crippen molar-refractivity contribution in [3.8, 4) is 11.8 Å². The van der Waals surface area contributed by atoms with Crippen LogP contribution in [0.2, 0.25) is 5.02 Å². The molecule has 0 fully saturated rings. The second-order valence-electron chi connectivity index (χ2n) is 2.65. The Morgan fingerprint density at radius 1 is 1.47 bits per heavy atom. The maximum Gasteiger partial charge on any atom is 0.384 e. The van der Waals surface area contributed by atoms with E-state index in [1.807, 2.05) is 12.1 Å². The van der Waals surface area contributed by atoms with Gasteiger partial charge in [0.05, 0.1) is 13.7 Å². The second kappa shape index (κ2) is 5.94. The lowest BCUT2D eigenvalue weighted by Gasteiger charge is -2.00. The summed E-state index contributed by atoms with van der Waals surface area (Å²) in [5.41, 5.74) is 0.901. The fraction of sp³-hybridized carbons (Fsp3) is 0.182. The third-order valence-corrected chi connectivity index (χ3v) is 1.85. The molecule has 4 heteroatoms. The van der Waals surface area contributed by atoms with Crippen LogP contribution >= 0.6 is 11.6 Å². The van der Waals surface area contributed by atoms with Crippen LogP contribution in [0.1, 0.15) is 0 Å². The molecule has 0 unspecified atom stereocenters. The molecule has 0 spiro atoms. The molecular formula is C11H10ClNO2. The number of nitrogens with one attached hydrogen (secondary N) is 1. The summed E-state index contributed by atoms with van der Waals surface area (Å²) in [5, 5.41) is 3.69. The molecule has 15 heavy (non-hydrogen) atoms. The molecule has 0 amide bonds. The predicted octanol–water partition coefficient (Wildman–Crippen LogP) is 1.93. The van der Waals surface area contributed by atoms with Gasteiger partial charge in [0.1, 0.15) is 0 Å². The van der Waals surface area contributed by atoms with Crippen LogP contribution in [0.25, 0.3) is 0 Å². The van der Waals surface area contributed by atoms with Gasteiger partial charge in [0, 0.05) is 16.6 Å². The zero-order valence-electron chi connectivity index (χ0n) is 8.21. The van der Waals surface area contributed by atoms with Crippen LogP contribution in [-0.2, 0) is 9.53 Å². The Morgan fingerprint density at radius 3 is 2.73 bits per heavy atom. The second-order valence-corrected chi connectivity index (χ2v) is 3.09. The molecule has 0 aliphatic heterocycles. The SMILES string of the molecule is COC(=O)C#CCNc1ccc(Cl)cc1. The molecule has 0 bridgehead atoms. The van der Waals surface area contributed by atoms with E-state index in [9.17, 15) is 4.79 Å². The van der Waals surface area contributed by atoms with Gasteiger partial charge in [-0.1, -0.05) is 17.5 Å². The molecule has 1 N–H and O–H groups in total. The van der Waals surface area contributed by atoms with Gasteiger partial charge in [0.25, 0.3) is 0 Å². The number of carbonyl (C=O) groups excluding carboxylic acids is 1. The molecule has 1 aromatic rings. The molecule has 0 saturated carbocycles. The molecule has 0 atom stereocenters.